The molecule has 2 aromatic rings. The summed E-state index contributed by atoms with van der Waals surface area (Å²) in [6.45, 7) is 3.84. The SMILES string of the molecule is Cc1ccc(C2CS(=O)(=O)CC(c3ccc(C)cc3)C2(C#N)C(N)=O)cc1. The molecule has 0 bridgehead atoms. The van der Waals surface area contributed by atoms with Gasteiger partial charge in [0.2, 0.25) is 5.91 Å². The van der Waals surface area contributed by atoms with Gasteiger partial charge in [-0.2, -0.15) is 5.26 Å². The van der Waals surface area contributed by atoms with E-state index in [0.717, 1.165) is 11.1 Å². The smallest absolute Gasteiger partial charge is 0.239 e. The van der Waals surface area contributed by atoms with Crippen molar-refractivity contribution in [1.29, 1.82) is 5.26 Å². The molecule has 6 heteroatoms. The number of sulfone groups is 1. The zero-order valence-electron chi connectivity index (χ0n) is 15.3. The number of nitriles is 1. The van der Waals surface area contributed by atoms with Gasteiger partial charge in [0.15, 0.2) is 15.3 Å². The molecule has 3 rings (SSSR count). The van der Waals surface area contributed by atoms with Gasteiger partial charge >= 0.3 is 0 Å². The Labute approximate surface area is 159 Å². The van der Waals surface area contributed by atoms with E-state index in [1.165, 1.54) is 0 Å². The second-order valence-electron chi connectivity index (χ2n) is 7.35. The summed E-state index contributed by atoms with van der Waals surface area (Å²) in [7, 11) is -3.47. The number of rotatable bonds is 3. The number of amides is 1. The van der Waals surface area contributed by atoms with Gasteiger partial charge in [0, 0.05) is 11.8 Å². The molecule has 0 saturated carbocycles. The van der Waals surface area contributed by atoms with Crippen LogP contribution in [-0.2, 0) is 14.6 Å². The van der Waals surface area contributed by atoms with E-state index in [1.54, 1.807) is 24.3 Å². The predicted molar refractivity (Wildman–Crippen MR) is 104 cm³/mol. The fraction of sp³-hybridized carbons (Fsp3) is 0.333. The first-order chi connectivity index (χ1) is 12.7. The minimum absolute atomic E-state index is 0.269. The Morgan fingerprint density at radius 2 is 1.33 bits per heavy atom. The van der Waals surface area contributed by atoms with Gasteiger partial charge in [-0.25, -0.2) is 8.42 Å². The Bertz CT molecular complexity index is 941. The monoisotopic (exact) mass is 382 g/mol. The van der Waals surface area contributed by atoms with Crippen molar-refractivity contribution in [3.05, 3.63) is 70.8 Å². The molecule has 1 heterocycles. The van der Waals surface area contributed by atoms with Gasteiger partial charge in [-0.3, -0.25) is 4.79 Å². The van der Waals surface area contributed by atoms with Crippen molar-refractivity contribution >= 4 is 15.7 Å². The number of benzene rings is 2. The molecule has 2 unspecified atom stereocenters. The fourth-order valence-corrected chi connectivity index (χ4v) is 6.01. The minimum atomic E-state index is -3.47. The highest BCUT2D eigenvalue weighted by Crippen LogP contribution is 2.51. The highest BCUT2D eigenvalue weighted by molar-refractivity contribution is 7.91. The van der Waals surface area contributed by atoms with Crippen molar-refractivity contribution < 1.29 is 13.2 Å². The van der Waals surface area contributed by atoms with E-state index in [-0.39, 0.29) is 11.5 Å². The van der Waals surface area contributed by atoms with Gasteiger partial charge < -0.3 is 5.73 Å². The van der Waals surface area contributed by atoms with Gasteiger partial charge in [-0.15, -0.1) is 0 Å². The molecule has 1 aliphatic rings. The van der Waals surface area contributed by atoms with Crippen LogP contribution in [-0.4, -0.2) is 25.8 Å². The van der Waals surface area contributed by atoms with Gasteiger partial charge in [-0.1, -0.05) is 59.7 Å². The molecule has 1 saturated heterocycles. The Morgan fingerprint density at radius 1 is 0.963 bits per heavy atom. The molecule has 140 valence electrons. The molecule has 0 aliphatic carbocycles. The van der Waals surface area contributed by atoms with Crippen LogP contribution in [0.3, 0.4) is 0 Å². The summed E-state index contributed by atoms with van der Waals surface area (Å²) in [4.78, 5) is 12.6. The molecule has 2 atom stereocenters. The normalized spacial score (nSPS) is 26.9. The highest BCUT2D eigenvalue weighted by atomic mass is 32.2. The largest absolute Gasteiger partial charge is 0.368 e. The topological polar surface area (TPSA) is 101 Å². The van der Waals surface area contributed by atoms with Gasteiger partial charge in [0.25, 0.3) is 0 Å². The number of aryl methyl sites for hydroxylation is 2. The first kappa shape index (κ1) is 19.1. The lowest BCUT2D eigenvalue weighted by molar-refractivity contribution is -0.126. The van der Waals surface area contributed by atoms with E-state index in [9.17, 15) is 18.5 Å². The predicted octanol–water partition coefficient (Wildman–Crippen LogP) is 2.59. The number of nitrogens with zero attached hydrogens (tertiary/aromatic N) is 1. The first-order valence-corrected chi connectivity index (χ1v) is 10.6. The van der Waals surface area contributed by atoms with Crippen LogP contribution in [0, 0.1) is 30.6 Å². The maximum atomic E-state index is 12.7. The van der Waals surface area contributed by atoms with Gasteiger partial charge in [0.05, 0.1) is 17.6 Å². The molecule has 1 aliphatic heterocycles. The van der Waals surface area contributed by atoms with Crippen LogP contribution < -0.4 is 5.73 Å². The molecular weight excluding hydrogens is 360 g/mol. The molecule has 27 heavy (non-hydrogen) atoms. The number of hydrogen-bond donors (Lipinski definition) is 1. The van der Waals surface area contributed by atoms with E-state index in [2.05, 4.69) is 6.07 Å². The van der Waals surface area contributed by atoms with Crippen molar-refractivity contribution in [2.45, 2.75) is 25.7 Å². The Balaban J connectivity index is 2.24. The van der Waals surface area contributed by atoms with Crippen LogP contribution in [0.2, 0.25) is 0 Å². The van der Waals surface area contributed by atoms with Crippen LogP contribution in [0.5, 0.6) is 0 Å². The van der Waals surface area contributed by atoms with E-state index < -0.39 is 33.0 Å². The molecule has 5 nitrogen and oxygen atoms in total. The van der Waals surface area contributed by atoms with Crippen LogP contribution in [0.25, 0.3) is 0 Å². The Hall–Kier alpha value is -2.65. The number of carbonyl (C=O) groups excluding carboxylic acids is 1. The van der Waals surface area contributed by atoms with Crippen LogP contribution in [0.4, 0.5) is 0 Å². The maximum Gasteiger partial charge on any atom is 0.239 e. The lowest BCUT2D eigenvalue weighted by Crippen LogP contribution is -2.53. The van der Waals surface area contributed by atoms with E-state index in [1.807, 2.05) is 38.1 Å². The van der Waals surface area contributed by atoms with Crippen molar-refractivity contribution in [1.82, 2.24) is 0 Å². The number of hydrogen-bond acceptors (Lipinski definition) is 4. The Kier molecular flexibility index (Phi) is 4.83. The zero-order chi connectivity index (χ0) is 19.8. The summed E-state index contributed by atoms with van der Waals surface area (Å²) in [5, 5.41) is 10.1. The molecule has 1 fully saturated rings. The average molecular weight is 382 g/mol. The van der Waals surface area contributed by atoms with Crippen LogP contribution >= 0.6 is 0 Å². The number of carbonyl (C=O) groups is 1. The number of nitrogens with two attached hydrogens (primary N) is 1. The van der Waals surface area contributed by atoms with Crippen molar-refractivity contribution in [2.24, 2.45) is 11.1 Å². The highest BCUT2D eigenvalue weighted by Gasteiger charge is 2.57. The first-order valence-electron chi connectivity index (χ1n) is 8.74. The van der Waals surface area contributed by atoms with E-state index in [4.69, 9.17) is 5.73 Å². The van der Waals surface area contributed by atoms with Crippen molar-refractivity contribution in [2.75, 3.05) is 11.5 Å². The summed E-state index contributed by atoms with van der Waals surface area (Å²) in [6, 6.07) is 16.7. The van der Waals surface area contributed by atoms with E-state index >= 15 is 0 Å². The summed E-state index contributed by atoms with van der Waals surface area (Å²) >= 11 is 0. The molecule has 2 N–H and O–H groups in total. The third-order valence-electron chi connectivity index (χ3n) is 5.49. The molecule has 0 aromatic heterocycles. The molecule has 2 aromatic carbocycles. The standard InChI is InChI=1S/C21H22N2O3S/c1-14-3-7-16(8-4-14)18-11-27(25,26)12-19(21(18,13-22)20(23)24)17-9-5-15(2)6-10-17/h3-10,18-19H,11-12H2,1-2H3,(H2,23,24). The number of primary amides is 1. The fourth-order valence-electron chi connectivity index (χ4n) is 3.95. The van der Waals surface area contributed by atoms with Crippen molar-refractivity contribution in [3.63, 3.8) is 0 Å². The third kappa shape index (κ3) is 3.35. The minimum Gasteiger partial charge on any atom is -0.368 e. The van der Waals surface area contributed by atoms with Crippen molar-refractivity contribution in [3.8, 4) is 6.07 Å². The summed E-state index contributed by atoms with van der Waals surface area (Å²) < 4.78 is 25.4. The lowest BCUT2D eigenvalue weighted by Gasteiger charge is -2.43. The molecule has 1 amide bonds. The second-order valence-corrected chi connectivity index (χ2v) is 9.50. The summed E-state index contributed by atoms with van der Waals surface area (Å²) in [5.74, 6) is -2.95. The molecule has 0 spiro atoms. The van der Waals surface area contributed by atoms with Crippen LogP contribution in [0.15, 0.2) is 48.5 Å². The van der Waals surface area contributed by atoms with E-state index in [0.29, 0.717) is 11.1 Å². The quantitative estimate of drug-likeness (QED) is 0.881. The average Bonchev–Trinajstić information content (AvgIpc) is 2.61. The zero-order valence-corrected chi connectivity index (χ0v) is 16.2. The summed E-state index contributed by atoms with van der Waals surface area (Å²) in [6.07, 6.45) is 0. The molecular formula is C21H22N2O3S. The second kappa shape index (κ2) is 6.82. The van der Waals surface area contributed by atoms with Crippen LogP contribution in [0.1, 0.15) is 34.1 Å². The van der Waals surface area contributed by atoms with Gasteiger partial charge in [-0.05, 0) is 25.0 Å². The third-order valence-corrected chi connectivity index (χ3v) is 7.18. The maximum absolute atomic E-state index is 12.7. The lowest BCUT2D eigenvalue weighted by atomic mass is 9.63. The molecule has 0 radical (unpaired) electrons. The Morgan fingerprint density at radius 3 is 1.63 bits per heavy atom. The van der Waals surface area contributed by atoms with Gasteiger partial charge in [0.1, 0.15) is 0 Å². The summed E-state index contributed by atoms with van der Waals surface area (Å²) in [5.41, 5.74) is 7.43.